The minimum Gasteiger partial charge on any atom is -0.499 e. The Labute approximate surface area is 231 Å². The van der Waals surface area contributed by atoms with Crippen LogP contribution in [0.25, 0.3) is 6.08 Å². The van der Waals surface area contributed by atoms with Crippen LogP contribution in [0.15, 0.2) is 54.1 Å². The molecular weight excluding hydrogens is 480 g/mol. The van der Waals surface area contributed by atoms with Crippen LogP contribution in [0.5, 0.6) is 0 Å². The largest absolute Gasteiger partial charge is 0.499 e. The fraction of sp³-hybridized carbons (Fsp3) is 0.567. The quantitative estimate of drug-likeness (QED) is 0.174. The number of carbonyl (C=O) groups excluding carboxylic acids is 1. The molecule has 1 aromatic heterocycles. The molecule has 1 amide bonds. The summed E-state index contributed by atoms with van der Waals surface area (Å²) in [4.78, 5) is 21.4. The first-order chi connectivity index (χ1) is 18.3. The second-order valence-corrected chi connectivity index (χ2v) is 8.79. The summed E-state index contributed by atoms with van der Waals surface area (Å²) in [5.74, 6) is 1.80. The van der Waals surface area contributed by atoms with Crippen molar-refractivity contribution in [3.63, 3.8) is 0 Å². The highest BCUT2D eigenvalue weighted by Crippen LogP contribution is 2.19. The van der Waals surface area contributed by atoms with E-state index in [1.54, 1.807) is 40.6 Å². The van der Waals surface area contributed by atoms with Crippen LogP contribution in [0.1, 0.15) is 51.6 Å². The zero-order valence-corrected chi connectivity index (χ0v) is 25.1. The number of aromatic nitrogens is 2. The van der Waals surface area contributed by atoms with Gasteiger partial charge < -0.3 is 28.6 Å². The molecule has 8 heteroatoms. The maximum absolute atomic E-state index is 12.6. The van der Waals surface area contributed by atoms with E-state index in [1.165, 1.54) is 12.8 Å². The second kappa shape index (κ2) is 22.1. The summed E-state index contributed by atoms with van der Waals surface area (Å²) in [7, 11) is 10.7. The van der Waals surface area contributed by atoms with Crippen LogP contribution in [-0.2, 0) is 32.6 Å². The predicted octanol–water partition coefficient (Wildman–Crippen LogP) is 5.00. The molecule has 0 aromatic carbocycles. The summed E-state index contributed by atoms with van der Waals surface area (Å²) in [5.41, 5.74) is 4.10. The monoisotopic (exact) mass is 530 g/mol. The van der Waals surface area contributed by atoms with Crippen molar-refractivity contribution < 1.29 is 19.0 Å². The van der Waals surface area contributed by atoms with E-state index in [0.29, 0.717) is 19.2 Å². The van der Waals surface area contributed by atoms with Gasteiger partial charge in [0.05, 0.1) is 25.5 Å². The molecule has 1 fully saturated rings. The average Bonchev–Trinajstić information content (AvgIpc) is 3.48. The van der Waals surface area contributed by atoms with Gasteiger partial charge in [-0.2, -0.15) is 0 Å². The predicted molar refractivity (Wildman–Crippen MR) is 157 cm³/mol. The molecule has 0 aliphatic carbocycles. The van der Waals surface area contributed by atoms with Gasteiger partial charge in [-0.05, 0) is 71.9 Å². The van der Waals surface area contributed by atoms with Gasteiger partial charge in [0.15, 0.2) is 0 Å². The number of likely N-dealkylation sites (tertiary alicyclic amines) is 1. The SMILES string of the molecule is C/C=C(\COC)OC.C/C=C\C=C=Cc1cnc(CN(CCC2CCCN2C)C(=O)/C=C/C)n1C.COC. The number of carbonyl (C=O) groups is 1. The number of nitrogens with zero attached hydrogens (tertiary/aromatic N) is 4. The molecule has 0 saturated carbocycles. The van der Waals surface area contributed by atoms with Crippen LogP contribution >= 0.6 is 0 Å². The van der Waals surface area contributed by atoms with Crippen molar-refractivity contribution in [2.75, 3.05) is 55.2 Å². The van der Waals surface area contributed by atoms with E-state index in [-0.39, 0.29) is 5.91 Å². The maximum Gasteiger partial charge on any atom is 0.246 e. The lowest BCUT2D eigenvalue weighted by Crippen LogP contribution is -2.35. The lowest BCUT2D eigenvalue weighted by atomic mass is 10.1. The molecule has 0 bridgehead atoms. The summed E-state index contributed by atoms with van der Waals surface area (Å²) in [6.07, 6.45) is 18.3. The zero-order chi connectivity index (χ0) is 28.8. The van der Waals surface area contributed by atoms with Crippen molar-refractivity contribution in [2.45, 2.75) is 52.6 Å². The molecule has 1 atom stereocenters. The fourth-order valence-electron chi connectivity index (χ4n) is 3.77. The van der Waals surface area contributed by atoms with E-state index in [0.717, 1.165) is 36.8 Å². The molecule has 1 aliphatic rings. The Bertz CT molecular complexity index is 927. The van der Waals surface area contributed by atoms with E-state index in [2.05, 4.69) is 27.4 Å². The van der Waals surface area contributed by atoms with E-state index in [9.17, 15) is 4.79 Å². The van der Waals surface area contributed by atoms with Gasteiger partial charge in [0.1, 0.15) is 18.2 Å². The number of amides is 1. The van der Waals surface area contributed by atoms with Crippen molar-refractivity contribution in [1.82, 2.24) is 19.4 Å². The summed E-state index contributed by atoms with van der Waals surface area (Å²) in [5, 5.41) is 0. The zero-order valence-electron chi connectivity index (χ0n) is 25.1. The Morgan fingerprint density at radius 3 is 2.39 bits per heavy atom. The summed E-state index contributed by atoms with van der Waals surface area (Å²) in [6.45, 7) is 8.75. The van der Waals surface area contributed by atoms with Crippen LogP contribution in [0.3, 0.4) is 0 Å². The number of hydrogen-bond acceptors (Lipinski definition) is 6. The van der Waals surface area contributed by atoms with Crippen molar-refractivity contribution in [1.29, 1.82) is 0 Å². The average molecular weight is 531 g/mol. The molecule has 0 N–H and O–H groups in total. The molecule has 1 unspecified atom stereocenters. The van der Waals surface area contributed by atoms with Crippen LogP contribution in [0, 0.1) is 0 Å². The van der Waals surface area contributed by atoms with Crippen molar-refractivity contribution in [2.24, 2.45) is 7.05 Å². The van der Waals surface area contributed by atoms with Crippen LogP contribution in [0.4, 0.5) is 0 Å². The number of ether oxygens (including phenoxy) is 3. The summed E-state index contributed by atoms with van der Waals surface area (Å²) in [6, 6.07) is 0.572. The minimum absolute atomic E-state index is 0.0474. The topological polar surface area (TPSA) is 69.1 Å². The van der Waals surface area contributed by atoms with Crippen molar-refractivity contribution in [3.05, 3.63) is 65.7 Å². The number of hydrogen-bond donors (Lipinski definition) is 0. The Balaban J connectivity index is 0.00000105. The smallest absolute Gasteiger partial charge is 0.246 e. The molecule has 8 nitrogen and oxygen atoms in total. The van der Waals surface area contributed by atoms with Gasteiger partial charge in [-0.3, -0.25) is 4.79 Å². The first-order valence-electron chi connectivity index (χ1n) is 13.1. The Kier molecular flexibility index (Phi) is 20.4. The molecule has 214 valence electrons. The highest BCUT2D eigenvalue weighted by Gasteiger charge is 2.23. The molecule has 1 saturated heterocycles. The van der Waals surface area contributed by atoms with E-state index in [4.69, 9.17) is 9.47 Å². The van der Waals surface area contributed by atoms with Gasteiger partial charge in [-0.25, -0.2) is 4.98 Å². The Hall–Kier alpha value is -2.90. The fourth-order valence-corrected chi connectivity index (χ4v) is 3.77. The van der Waals surface area contributed by atoms with Gasteiger partial charge >= 0.3 is 0 Å². The standard InChI is InChI=1S/C22H32N4O.C6H12O2.C2H6O/c1-5-7-8-9-12-20-17-23-21(25(20)4)18-26(22(27)11-6-2)16-14-19-13-10-15-24(19)3;1-4-6(8-3)5-7-2;1-3-2/h5-8,11-12,17,19H,10,13-16,18H2,1-4H3;4H,5H2,1-3H3;1-2H3/b7-5-,11-6+;6-4+;. The molecule has 1 aliphatic heterocycles. The molecule has 2 rings (SSSR count). The minimum atomic E-state index is 0.0474. The van der Waals surface area contributed by atoms with Gasteiger partial charge in [-0.1, -0.05) is 18.2 Å². The normalized spacial score (nSPS) is 15.4. The van der Waals surface area contributed by atoms with Gasteiger partial charge in [0, 0.05) is 47.0 Å². The number of imidazole rings is 1. The van der Waals surface area contributed by atoms with Gasteiger partial charge in [-0.15, -0.1) is 5.73 Å². The van der Waals surface area contributed by atoms with E-state index in [1.807, 2.05) is 73.9 Å². The third-order valence-electron chi connectivity index (χ3n) is 5.96. The van der Waals surface area contributed by atoms with E-state index >= 15 is 0 Å². The second-order valence-electron chi connectivity index (χ2n) is 8.79. The number of methoxy groups -OCH3 is 3. The van der Waals surface area contributed by atoms with Gasteiger partial charge in [0.25, 0.3) is 0 Å². The lowest BCUT2D eigenvalue weighted by Gasteiger charge is -2.25. The number of allylic oxidation sites excluding steroid dienone is 5. The third kappa shape index (κ3) is 14.1. The van der Waals surface area contributed by atoms with Crippen LogP contribution in [-0.4, -0.2) is 86.5 Å². The Morgan fingerprint density at radius 2 is 1.89 bits per heavy atom. The van der Waals surface area contributed by atoms with E-state index < -0.39 is 0 Å². The van der Waals surface area contributed by atoms with Crippen LogP contribution in [0.2, 0.25) is 0 Å². The Morgan fingerprint density at radius 1 is 1.18 bits per heavy atom. The highest BCUT2D eigenvalue weighted by molar-refractivity contribution is 5.87. The molecule has 1 aromatic rings. The maximum atomic E-state index is 12.6. The lowest BCUT2D eigenvalue weighted by molar-refractivity contribution is -0.127. The molecular formula is C30H50N4O4. The van der Waals surface area contributed by atoms with Crippen molar-refractivity contribution >= 4 is 12.0 Å². The van der Waals surface area contributed by atoms with Crippen molar-refractivity contribution in [3.8, 4) is 0 Å². The summed E-state index contributed by atoms with van der Waals surface area (Å²) >= 11 is 0. The highest BCUT2D eigenvalue weighted by atomic mass is 16.5. The first-order valence-corrected chi connectivity index (χ1v) is 13.1. The third-order valence-corrected chi connectivity index (χ3v) is 5.96. The molecule has 0 spiro atoms. The van der Waals surface area contributed by atoms with Crippen LogP contribution < -0.4 is 0 Å². The molecule has 0 radical (unpaired) electrons. The first kappa shape index (κ1) is 35.1. The molecule has 2 heterocycles. The number of rotatable bonds is 11. The molecule has 38 heavy (non-hydrogen) atoms. The summed E-state index contributed by atoms with van der Waals surface area (Å²) < 4.78 is 15.9. The van der Waals surface area contributed by atoms with Gasteiger partial charge in [0.2, 0.25) is 5.91 Å².